The van der Waals surface area contributed by atoms with Crippen LogP contribution in [0.4, 0.5) is 0 Å². The molecule has 3 rings (SSSR count). The molecule has 1 spiro atoms. The van der Waals surface area contributed by atoms with E-state index in [0.29, 0.717) is 5.04 Å². The van der Waals surface area contributed by atoms with Crippen LogP contribution in [0.15, 0.2) is 35.5 Å². The quantitative estimate of drug-likeness (QED) is 0.568. The average Bonchev–Trinajstić information content (AvgIpc) is 2.95. The fourth-order valence-electron chi connectivity index (χ4n) is 2.24. The Balaban J connectivity index is 1.83. The molecule has 0 unspecified atom stereocenters. The normalized spacial score (nSPS) is 39.1. The third-order valence-electron chi connectivity index (χ3n) is 3.43. The summed E-state index contributed by atoms with van der Waals surface area (Å²) >= 11 is 0.993. The molecule has 0 aliphatic carbocycles. The second-order valence-electron chi connectivity index (χ2n) is 4.82. The lowest BCUT2D eigenvalue weighted by molar-refractivity contribution is -0.318. The van der Waals surface area contributed by atoms with Gasteiger partial charge >= 0.3 is 5.12 Å². The Morgan fingerprint density at radius 3 is 2.52 bits per heavy atom. The van der Waals surface area contributed by atoms with Gasteiger partial charge in [0.25, 0.3) is 0 Å². The number of oxime groups is 1. The third kappa shape index (κ3) is 2.44. The van der Waals surface area contributed by atoms with Gasteiger partial charge in [-0.25, -0.2) is 0 Å². The van der Waals surface area contributed by atoms with Crippen molar-refractivity contribution >= 4 is 16.8 Å². The van der Waals surface area contributed by atoms with Gasteiger partial charge in [-0.05, 0) is 11.8 Å². The van der Waals surface area contributed by atoms with Gasteiger partial charge < -0.3 is 30.0 Å². The van der Waals surface area contributed by atoms with Crippen LogP contribution in [0.1, 0.15) is 5.56 Å². The number of ether oxygens (including phenoxy) is 1. The van der Waals surface area contributed by atoms with Crippen molar-refractivity contribution in [2.45, 2.75) is 29.5 Å². The van der Waals surface area contributed by atoms with Crippen LogP contribution < -0.4 is 0 Å². The third-order valence-corrected chi connectivity index (χ3v) is 4.63. The summed E-state index contributed by atoms with van der Waals surface area (Å²) in [5.41, 5.74) is 0.774. The number of hydrogen-bond acceptors (Lipinski definition) is 8. The largest absolute Gasteiger partial charge is 0.394 e. The summed E-state index contributed by atoms with van der Waals surface area (Å²) in [5.74, 6) is 0. The van der Waals surface area contributed by atoms with E-state index in [4.69, 9.17) is 9.57 Å². The van der Waals surface area contributed by atoms with Crippen molar-refractivity contribution in [1.29, 1.82) is 0 Å². The molecule has 8 heteroatoms. The first-order valence-corrected chi connectivity index (χ1v) is 7.22. The van der Waals surface area contributed by atoms with E-state index < -0.39 is 36.1 Å². The zero-order valence-corrected chi connectivity index (χ0v) is 11.7. The lowest BCUT2D eigenvalue weighted by atomic mass is 9.99. The van der Waals surface area contributed by atoms with E-state index in [2.05, 4.69) is 5.16 Å². The second-order valence-corrected chi connectivity index (χ2v) is 5.98. The molecule has 114 valence electrons. The number of benzene rings is 1. The maximum atomic E-state index is 10.1. The van der Waals surface area contributed by atoms with Gasteiger partial charge in [0, 0.05) is 5.56 Å². The van der Waals surface area contributed by atoms with Gasteiger partial charge in [0.2, 0.25) is 0 Å². The van der Waals surface area contributed by atoms with Crippen LogP contribution in [0.25, 0.3) is 0 Å². The number of aliphatic hydroxyl groups excluding tert-OH is 4. The summed E-state index contributed by atoms with van der Waals surface area (Å²) in [5, 5.41) is 41.7. The highest BCUT2D eigenvalue weighted by Crippen LogP contribution is 2.45. The number of thioether (sulfide) groups is 1. The lowest BCUT2D eigenvalue weighted by Crippen LogP contribution is -2.63. The minimum Gasteiger partial charge on any atom is -0.394 e. The van der Waals surface area contributed by atoms with E-state index in [1.54, 1.807) is 0 Å². The maximum absolute atomic E-state index is 10.1. The van der Waals surface area contributed by atoms with E-state index in [-0.39, 0.29) is 0 Å². The smallest absolute Gasteiger partial charge is 0.320 e. The molecule has 0 bridgehead atoms. The molecule has 1 aromatic rings. The molecule has 7 nitrogen and oxygen atoms in total. The van der Waals surface area contributed by atoms with Crippen molar-refractivity contribution in [2.24, 2.45) is 5.16 Å². The zero-order valence-electron chi connectivity index (χ0n) is 10.9. The van der Waals surface area contributed by atoms with Crippen LogP contribution in [0.3, 0.4) is 0 Å². The molecule has 1 aromatic carbocycles. The maximum Gasteiger partial charge on any atom is 0.320 e. The van der Waals surface area contributed by atoms with Crippen LogP contribution >= 0.6 is 11.8 Å². The standard InChI is InChI=1S/C13H15NO6S/c15-6-8-9(16)10(17)11(18)13(19-8)20-14-12(21-13)7-4-2-1-3-5-7/h1-5,8-11,15-18H,6H2/t8-,9+,10+,11-,13+/m1/s1. The average molecular weight is 313 g/mol. The predicted octanol–water partition coefficient (Wildman–Crippen LogP) is -0.761. The van der Waals surface area contributed by atoms with Gasteiger partial charge in [-0.1, -0.05) is 35.5 Å². The van der Waals surface area contributed by atoms with Gasteiger partial charge in [0.05, 0.1) is 6.61 Å². The molecule has 0 amide bonds. The Morgan fingerprint density at radius 1 is 1.14 bits per heavy atom. The van der Waals surface area contributed by atoms with Gasteiger partial charge in [-0.15, -0.1) is 0 Å². The molecule has 1 saturated heterocycles. The van der Waals surface area contributed by atoms with Crippen LogP contribution in [-0.4, -0.2) is 61.6 Å². The summed E-state index contributed by atoms with van der Waals surface area (Å²) in [7, 11) is 0. The Hall–Kier alpha value is -1.16. The molecule has 0 saturated carbocycles. The van der Waals surface area contributed by atoms with Gasteiger partial charge in [-0.3, -0.25) is 0 Å². The number of hydrogen-bond donors (Lipinski definition) is 4. The van der Waals surface area contributed by atoms with Crippen LogP contribution in [0.5, 0.6) is 0 Å². The molecule has 2 aliphatic heterocycles. The second kappa shape index (κ2) is 5.56. The highest BCUT2D eigenvalue weighted by molar-refractivity contribution is 8.15. The molecule has 2 heterocycles. The Morgan fingerprint density at radius 2 is 1.86 bits per heavy atom. The van der Waals surface area contributed by atoms with Gasteiger partial charge in [0.1, 0.15) is 23.4 Å². The molecule has 2 aliphatic rings. The first-order valence-electron chi connectivity index (χ1n) is 6.41. The van der Waals surface area contributed by atoms with Crippen LogP contribution in [-0.2, 0) is 9.57 Å². The van der Waals surface area contributed by atoms with Crippen molar-refractivity contribution in [3.63, 3.8) is 0 Å². The van der Waals surface area contributed by atoms with Crippen molar-refractivity contribution in [3.05, 3.63) is 35.9 Å². The predicted molar refractivity (Wildman–Crippen MR) is 74.4 cm³/mol. The number of rotatable bonds is 2. The molecule has 21 heavy (non-hydrogen) atoms. The first kappa shape index (κ1) is 14.8. The number of aliphatic hydroxyl groups is 4. The van der Waals surface area contributed by atoms with E-state index in [0.717, 1.165) is 17.3 Å². The monoisotopic (exact) mass is 313 g/mol. The van der Waals surface area contributed by atoms with Gasteiger partial charge in [-0.2, -0.15) is 0 Å². The van der Waals surface area contributed by atoms with Gasteiger partial charge in [0.15, 0.2) is 6.10 Å². The van der Waals surface area contributed by atoms with E-state index in [1.807, 2.05) is 30.3 Å². The van der Waals surface area contributed by atoms with E-state index in [1.165, 1.54) is 0 Å². The Kier molecular flexibility index (Phi) is 3.91. The zero-order chi connectivity index (χ0) is 15.0. The summed E-state index contributed by atoms with van der Waals surface area (Å²) in [6.07, 6.45) is -5.49. The molecule has 1 fully saturated rings. The molecular weight excluding hydrogens is 298 g/mol. The fourth-order valence-corrected chi connectivity index (χ4v) is 3.35. The molecule has 4 N–H and O–H groups in total. The topological polar surface area (TPSA) is 112 Å². The van der Waals surface area contributed by atoms with Crippen molar-refractivity contribution in [2.75, 3.05) is 6.61 Å². The Labute approximate surface area is 124 Å². The minimum absolute atomic E-state index is 0.481. The van der Waals surface area contributed by atoms with E-state index >= 15 is 0 Å². The SMILES string of the molecule is OC[C@H]1O[C@]2(ON=C(c3ccccc3)S2)[C@H](O)[C@@H](O)[C@H]1O. The summed E-state index contributed by atoms with van der Waals surface area (Å²) < 4.78 is 5.45. The highest BCUT2D eigenvalue weighted by Gasteiger charge is 2.59. The molecular formula is C13H15NO6S. The fraction of sp³-hybridized carbons (Fsp3) is 0.462. The molecule has 5 atom stereocenters. The first-order chi connectivity index (χ1) is 10.1. The highest BCUT2D eigenvalue weighted by atomic mass is 32.2. The lowest BCUT2D eigenvalue weighted by Gasteiger charge is -2.43. The van der Waals surface area contributed by atoms with Crippen molar-refractivity contribution < 1.29 is 30.0 Å². The van der Waals surface area contributed by atoms with Crippen LogP contribution in [0.2, 0.25) is 0 Å². The van der Waals surface area contributed by atoms with Crippen molar-refractivity contribution in [3.8, 4) is 0 Å². The summed E-state index contributed by atoms with van der Waals surface area (Å²) in [6, 6.07) is 9.15. The van der Waals surface area contributed by atoms with E-state index in [9.17, 15) is 20.4 Å². The molecule has 0 radical (unpaired) electrons. The summed E-state index contributed by atoms with van der Waals surface area (Å²) in [4.78, 5) is 5.21. The Bertz CT molecular complexity index is 539. The number of nitrogens with zero attached hydrogens (tertiary/aromatic N) is 1. The minimum atomic E-state index is -1.67. The summed E-state index contributed by atoms with van der Waals surface area (Å²) in [6.45, 7) is -0.517. The van der Waals surface area contributed by atoms with Crippen LogP contribution in [0, 0.1) is 0 Å². The van der Waals surface area contributed by atoms with Crippen molar-refractivity contribution in [1.82, 2.24) is 0 Å². The molecule has 0 aromatic heterocycles.